The van der Waals surface area contributed by atoms with Gasteiger partial charge in [0.05, 0.1) is 13.0 Å². The molecule has 4 heteroatoms. The van der Waals surface area contributed by atoms with Crippen LogP contribution < -0.4 is 0 Å². The summed E-state index contributed by atoms with van der Waals surface area (Å²) in [5.41, 5.74) is 2.45. The molecular weight excluding hydrogens is 244 g/mol. The summed E-state index contributed by atoms with van der Waals surface area (Å²) in [6.45, 7) is 4.08. The molecule has 1 aromatic rings. The van der Waals surface area contributed by atoms with Crippen molar-refractivity contribution in [1.29, 1.82) is 0 Å². The number of methoxy groups -OCH3 is 1. The predicted octanol–water partition coefficient (Wildman–Crippen LogP) is 1.91. The lowest BCUT2D eigenvalue weighted by Crippen LogP contribution is -2.29. The summed E-state index contributed by atoms with van der Waals surface area (Å²) in [7, 11) is 1.14. The minimum absolute atomic E-state index is 0.270. The molecule has 19 heavy (non-hydrogen) atoms. The molecule has 0 radical (unpaired) electrons. The van der Waals surface area contributed by atoms with Gasteiger partial charge >= 0.3 is 5.97 Å². The second-order valence-electron chi connectivity index (χ2n) is 5.05. The first-order chi connectivity index (χ1) is 8.95. The highest BCUT2D eigenvalue weighted by Crippen LogP contribution is 2.30. The molecule has 1 aliphatic carbocycles. The van der Waals surface area contributed by atoms with Crippen molar-refractivity contribution in [1.82, 2.24) is 0 Å². The van der Waals surface area contributed by atoms with Gasteiger partial charge in [-0.1, -0.05) is 26.0 Å². The Hall–Kier alpha value is -1.97. The maximum Gasteiger partial charge on any atom is 0.375 e. The molecule has 0 N–H and O–H groups in total. The Labute approximate surface area is 111 Å². The lowest BCUT2D eigenvalue weighted by molar-refractivity contribution is -0.152. The van der Waals surface area contributed by atoms with Crippen LogP contribution in [0.25, 0.3) is 0 Å². The minimum Gasteiger partial charge on any atom is -0.463 e. The molecule has 100 valence electrons. The van der Waals surface area contributed by atoms with Crippen LogP contribution in [0, 0.1) is 5.92 Å². The van der Waals surface area contributed by atoms with Gasteiger partial charge in [-0.05, 0) is 29.5 Å². The summed E-state index contributed by atoms with van der Waals surface area (Å²) in [4.78, 5) is 35.2. The van der Waals surface area contributed by atoms with Gasteiger partial charge < -0.3 is 4.74 Å². The van der Waals surface area contributed by atoms with Crippen molar-refractivity contribution < 1.29 is 19.1 Å². The van der Waals surface area contributed by atoms with E-state index in [1.807, 2.05) is 32.0 Å². The average Bonchev–Trinajstić information content (AvgIpc) is 2.73. The Balaban J connectivity index is 2.32. The molecule has 1 unspecified atom stereocenters. The van der Waals surface area contributed by atoms with Crippen molar-refractivity contribution in [3.63, 3.8) is 0 Å². The van der Waals surface area contributed by atoms with Crippen LogP contribution in [-0.2, 0) is 20.7 Å². The first-order valence-electron chi connectivity index (χ1n) is 6.25. The van der Waals surface area contributed by atoms with E-state index in [0.717, 1.165) is 18.2 Å². The van der Waals surface area contributed by atoms with Crippen LogP contribution >= 0.6 is 0 Å². The number of fused-ring (bicyclic) bond motifs is 1. The zero-order chi connectivity index (χ0) is 14.2. The predicted molar refractivity (Wildman–Crippen MR) is 69.1 cm³/mol. The molecule has 1 aromatic carbocycles. The van der Waals surface area contributed by atoms with E-state index in [-0.39, 0.29) is 5.78 Å². The van der Waals surface area contributed by atoms with Crippen molar-refractivity contribution in [3.05, 3.63) is 34.9 Å². The zero-order valence-corrected chi connectivity index (χ0v) is 11.2. The van der Waals surface area contributed by atoms with Gasteiger partial charge in [-0.3, -0.25) is 9.59 Å². The van der Waals surface area contributed by atoms with E-state index < -0.39 is 17.7 Å². The van der Waals surface area contributed by atoms with E-state index in [9.17, 15) is 14.4 Å². The molecular formula is C15H16O4. The standard InChI is InChI=1S/C15H16O4/c1-8(2)9-4-5-10-7-12(13(16)11(10)6-9)14(17)15(18)19-3/h4-6,8,12H,7H2,1-3H3. The van der Waals surface area contributed by atoms with Crippen molar-refractivity contribution in [2.24, 2.45) is 5.92 Å². The van der Waals surface area contributed by atoms with Gasteiger partial charge in [0.1, 0.15) is 0 Å². The Morgan fingerprint density at radius 2 is 2.00 bits per heavy atom. The van der Waals surface area contributed by atoms with E-state index in [1.165, 1.54) is 0 Å². The van der Waals surface area contributed by atoms with Gasteiger partial charge in [0.2, 0.25) is 0 Å². The van der Waals surface area contributed by atoms with Crippen molar-refractivity contribution >= 4 is 17.5 Å². The largest absolute Gasteiger partial charge is 0.463 e. The second kappa shape index (κ2) is 4.96. The van der Waals surface area contributed by atoms with Gasteiger partial charge in [-0.15, -0.1) is 0 Å². The molecule has 0 amide bonds. The number of carbonyl (C=O) groups excluding carboxylic acids is 3. The molecule has 0 spiro atoms. The smallest absolute Gasteiger partial charge is 0.375 e. The molecule has 0 heterocycles. The van der Waals surface area contributed by atoms with Crippen molar-refractivity contribution in [2.75, 3.05) is 7.11 Å². The lowest BCUT2D eigenvalue weighted by atomic mass is 9.98. The maximum absolute atomic E-state index is 12.2. The van der Waals surface area contributed by atoms with E-state index in [0.29, 0.717) is 17.9 Å². The van der Waals surface area contributed by atoms with E-state index >= 15 is 0 Å². The van der Waals surface area contributed by atoms with Crippen LogP contribution in [0.4, 0.5) is 0 Å². The van der Waals surface area contributed by atoms with Gasteiger partial charge in [0.15, 0.2) is 5.78 Å². The highest BCUT2D eigenvalue weighted by atomic mass is 16.5. The third kappa shape index (κ3) is 2.30. The molecule has 0 saturated heterocycles. The van der Waals surface area contributed by atoms with Crippen molar-refractivity contribution in [3.8, 4) is 0 Å². The highest BCUT2D eigenvalue weighted by Gasteiger charge is 2.39. The monoisotopic (exact) mass is 260 g/mol. The number of hydrogen-bond donors (Lipinski definition) is 0. The Morgan fingerprint density at radius 3 is 2.58 bits per heavy atom. The fraction of sp³-hybridized carbons (Fsp3) is 0.400. The normalized spacial score (nSPS) is 17.5. The van der Waals surface area contributed by atoms with Crippen LogP contribution in [0.15, 0.2) is 18.2 Å². The summed E-state index contributed by atoms with van der Waals surface area (Å²) in [5, 5.41) is 0. The van der Waals surface area contributed by atoms with Gasteiger partial charge in [-0.2, -0.15) is 0 Å². The molecule has 4 nitrogen and oxygen atoms in total. The van der Waals surface area contributed by atoms with E-state index in [1.54, 1.807) is 0 Å². The topological polar surface area (TPSA) is 60.4 Å². The van der Waals surface area contributed by atoms with E-state index in [4.69, 9.17) is 0 Å². The number of ketones is 2. The Morgan fingerprint density at radius 1 is 1.32 bits per heavy atom. The number of ether oxygens (including phenoxy) is 1. The first kappa shape index (κ1) is 13.5. The number of carbonyl (C=O) groups is 3. The Kier molecular flexibility index (Phi) is 3.51. The summed E-state index contributed by atoms with van der Waals surface area (Å²) in [6, 6.07) is 5.65. The number of benzene rings is 1. The fourth-order valence-corrected chi connectivity index (χ4v) is 2.32. The van der Waals surface area contributed by atoms with Crippen LogP contribution in [0.1, 0.15) is 41.3 Å². The first-order valence-corrected chi connectivity index (χ1v) is 6.25. The molecule has 1 atom stereocenters. The van der Waals surface area contributed by atoms with E-state index in [2.05, 4.69) is 4.74 Å². The maximum atomic E-state index is 12.2. The third-order valence-corrected chi connectivity index (χ3v) is 3.51. The summed E-state index contributed by atoms with van der Waals surface area (Å²) < 4.78 is 4.39. The zero-order valence-electron chi connectivity index (χ0n) is 11.2. The van der Waals surface area contributed by atoms with Crippen LogP contribution in [-0.4, -0.2) is 24.6 Å². The SMILES string of the molecule is COC(=O)C(=O)C1Cc2ccc(C(C)C)cc2C1=O. The fourth-order valence-electron chi connectivity index (χ4n) is 2.32. The molecule has 2 rings (SSSR count). The minimum atomic E-state index is -0.949. The summed E-state index contributed by atoms with van der Waals surface area (Å²) >= 11 is 0. The molecule has 0 fully saturated rings. The number of rotatable bonds is 3. The third-order valence-electron chi connectivity index (χ3n) is 3.51. The summed E-state index contributed by atoms with van der Waals surface area (Å²) in [5.74, 6) is -2.57. The van der Waals surface area contributed by atoms with Crippen LogP contribution in [0.5, 0.6) is 0 Å². The highest BCUT2D eigenvalue weighted by molar-refractivity contribution is 6.40. The number of esters is 1. The summed E-state index contributed by atoms with van der Waals surface area (Å²) in [6.07, 6.45) is 0.292. The van der Waals surface area contributed by atoms with Gasteiger partial charge in [0, 0.05) is 5.56 Å². The van der Waals surface area contributed by atoms with Crippen LogP contribution in [0.3, 0.4) is 0 Å². The molecule has 1 aliphatic rings. The molecule has 0 aliphatic heterocycles. The molecule has 0 aromatic heterocycles. The molecule has 0 saturated carbocycles. The average molecular weight is 260 g/mol. The lowest BCUT2D eigenvalue weighted by Gasteiger charge is -2.06. The quantitative estimate of drug-likeness (QED) is 0.473. The number of Topliss-reactive ketones (excluding diaryl/α,β-unsaturated/α-hetero) is 2. The van der Waals surface area contributed by atoms with Gasteiger partial charge in [0.25, 0.3) is 5.78 Å². The molecule has 0 bridgehead atoms. The van der Waals surface area contributed by atoms with Crippen LogP contribution in [0.2, 0.25) is 0 Å². The number of hydrogen-bond acceptors (Lipinski definition) is 4. The van der Waals surface area contributed by atoms with Crippen molar-refractivity contribution in [2.45, 2.75) is 26.2 Å². The second-order valence-corrected chi connectivity index (χ2v) is 5.05. The Bertz CT molecular complexity index is 557. The van der Waals surface area contributed by atoms with Gasteiger partial charge in [-0.25, -0.2) is 4.79 Å².